The van der Waals surface area contributed by atoms with Crippen molar-refractivity contribution >= 4 is 11.7 Å². The van der Waals surface area contributed by atoms with E-state index in [1.54, 1.807) is 25.1 Å². The van der Waals surface area contributed by atoms with Crippen LogP contribution in [-0.4, -0.2) is 23.6 Å². The second kappa shape index (κ2) is 5.59. The number of ketones is 1. The zero-order chi connectivity index (χ0) is 16.6. The van der Waals surface area contributed by atoms with Crippen molar-refractivity contribution < 1.29 is 19.3 Å². The maximum absolute atomic E-state index is 12.0. The first-order chi connectivity index (χ1) is 11.0. The van der Waals surface area contributed by atoms with Crippen LogP contribution in [0.4, 0.5) is 0 Å². The van der Waals surface area contributed by atoms with Crippen molar-refractivity contribution in [2.75, 3.05) is 6.79 Å². The molecule has 0 fully saturated rings. The number of carbonyl (C=O) groups is 1. The van der Waals surface area contributed by atoms with Crippen LogP contribution in [0.25, 0.3) is 0 Å². The molecule has 1 atom stereocenters. The van der Waals surface area contributed by atoms with Gasteiger partial charge in [0.25, 0.3) is 5.96 Å². The van der Waals surface area contributed by atoms with Gasteiger partial charge in [-0.2, -0.15) is 0 Å². The average molecular weight is 318 g/mol. The number of nitrogens with one attached hydrogen (secondary N) is 2. The van der Waals surface area contributed by atoms with Gasteiger partial charge < -0.3 is 20.1 Å². The first-order valence-corrected chi connectivity index (χ1v) is 6.83. The van der Waals surface area contributed by atoms with Crippen molar-refractivity contribution in [1.29, 1.82) is 0 Å². The van der Waals surface area contributed by atoms with Crippen LogP contribution in [0.3, 0.4) is 0 Å². The summed E-state index contributed by atoms with van der Waals surface area (Å²) in [5.74, 6) is 1.01. The monoisotopic (exact) mass is 318 g/mol. The number of Topliss-reactive ketones (excluding diaryl/α,β-unsaturated/α-hetero) is 1. The van der Waals surface area contributed by atoms with Crippen LogP contribution in [0.2, 0.25) is 0 Å². The molecule has 2 heterocycles. The fraction of sp³-hybridized carbons (Fsp3) is 0.286. The Morgan fingerprint density at radius 3 is 2.83 bits per heavy atom. The molecule has 0 aromatic heterocycles. The Hall–Kier alpha value is -3.10. The first-order valence-electron chi connectivity index (χ1n) is 6.83. The Labute approximate surface area is 131 Å². The number of hydrazone groups is 1. The molecule has 0 amide bonds. The lowest BCUT2D eigenvalue weighted by molar-refractivity contribution is -0.485. The molecule has 0 saturated heterocycles. The van der Waals surface area contributed by atoms with Crippen LogP contribution in [-0.2, 0) is 4.79 Å². The number of benzene rings is 1. The largest absolute Gasteiger partial charge is 0.454 e. The van der Waals surface area contributed by atoms with E-state index < -0.39 is 11.1 Å². The van der Waals surface area contributed by atoms with Crippen molar-refractivity contribution in [2.45, 2.75) is 19.9 Å². The van der Waals surface area contributed by atoms with Crippen LogP contribution in [0.5, 0.6) is 11.5 Å². The molecule has 0 unspecified atom stereocenters. The summed E-state index contributed by atoms with van der Waals surface area (Å²) in [4.78, 5) is 22.6. The molecule has 3 rings (SSSR count). The number of hydrogen-bond donors (Lipinski definition) is 2. The second-order valence-electron chi connectivity index (χ2n) is 5.10. The van der Waals surface area contributed by atoms with Gasteiger partial charge in [-0.05, 0) is 31.5 Å². The number of allylic oxidation sites excluding steroid dienone is 1. The fourth-order valence-corrected chi connectivity index (χ4v) is 2.65. The molecule has 0 saturated carbocycles. The summed E-state index contributed by atoms with van der Waals surface area (Å²) in [6.07, 6.45) is 0. The number of ether oxygens (including phenoxy) is 2. The lowest BCUT2D eigenvalue weighted by Crippen LogP contribution is -2.46. The van der Waals surface area contributed by atoms with Gasteiger partial charge in [0.15, 0.2) is 22.3 Å². The van der Waals surface area contributed by atoms with Gasteiger partial charge in [0.2, 0.25) is 6.79 Å². The molecule has 2 aliphatic rings. The molecule has 1 aromatic carbocycles. The zero-order valence-electron chi connectivity index (χ0n) is 12.5. The third-order valence-corrected chi connectivity index (χ3v) is 3.57. The van der Waals surface area contributed by atoms with E-state index in [0.717, 1.165) is 5.56 Å². The number of hydrogen-bond acceptors (Lipinski definition) is 5. The molecular weight excluding hydrogens is 304 g/mol. The number of nitro groups is 1. The summed E-state index contributed by atoms with van der Waals surface area (Å²) in [7, 11) is 0. The first kappa shape index (κ1) is 14.8. The third kappa shape index (κ3) is 2.80. The highest BCUT2D eigenvalue weighted by Gasteiger charge is 2.30. The zero-order valence-corrected chi connectivity index (χ0v) is 12.5. The summed E-state index contributed by atoms with van der Waals surface area (Å²) in [6, 6.07) is 4.68. The van der Waals surface area contributed by atoms with Gasteiger partial charge in [-0.25, -0.2) is 10.1 Å². The van der Waals surface area contributed by atoms with Gasteiger partial charge in [0.1, 0.15) is 5.10 Å². The molecule has 1 aromatic rings. The van der Waals surface area contributed by atoms with Gasteiger partial charge in [-0.3, -0.25) is 4.79 Å². The van der Waals surface area contributed by atoms with Crippen molar-refractivity contribution in [2.24, 2.45) is 5.10 Å². The molecule has 9 nitrogen and oxygen atoms in total. The predicted octanol–water partition coefficient (Wildman–Crippen LogP) is 1.06. The maximum Gasteiger partial charge on any atom is 0.273 e. The highest BCUT2D eigenvalue weighted by Crippen LogP contribution is 2.36. The highest BCUT2D eigenvalue weighted by atomic mass is 16.7. The molecule has 0 radical (unpaired) electrons. The fourth-order valence-electron chi connectivity index (χ4n) is 2.65. The topological polar surface area (TPSA) is 115 Å². The number of carbonyl (C=O) groups excluding carboxylic acids is 1. The van der Waals surface area contributed by atoms with E-state index in [4.69, 9.17) is 9.47 Å². The van der Waals surface area contributed by atoms with Gasteiger partial charge in [-0.1, -0.05) is 6.07 Å². The molecule has 120 valence electrons. The minimum Gasteiger partial charge on any atom is -0.454 e. The van der Waals surface area contributed by atoms with Gasteiger partial charge >= 0.3 is 0 Å². The second-order valence-corrected chi connectivity index (χ2v) is 5.10. The number of guanidine groups is 1. The Morgan fingerprint density at radius 2 is 2.13 bits per heavy atom. The van der Waals surface area contributed by atoms with Crippen LogP contribution in [0.15, 0.2) is 34.6 Å². The smallest absolute Gasteiger partial charge is 0.273 e. The lowest BCUT2D eigenvalue weighted by atomic mass is 9.93. The van der Waals surface area contributed by atoms with E-state index in [9.17, 15) is 14.9 Å². The highest BCUT2D eigenvalue weighted by molar-refractivity contribution is 5.99. The van der Waals surface area contributed by atoms with E-state index in [2.05, 4.69) is 15.7 Å². The van der Waals surface area contributed by atoms with Crippen molar-refractivity contribution in [1.82, 2.24) is 10.6 Å². The van der Waals surface area contributed by atoms with E-state index in [-0.39, 0.29) is 18.5 Å². The Morgan fingerprint density at radius 1 is 1.39 bits per heavy atom. The summed E-state index contributed by atoms with van der Waals surface area (Å²) in [5.41, 5.74) is 1.71. The standard InChI is InChI=1S/C14H14N4O5/c1-7-12(8(2)19)13(16-14(15-7)17-18(20)21)9-3-4-10-11(5-9)23-6-22-10/h3-5,13H,6H2,1-2H3,(H2,15,16,17)/t13-/m0/s1. The molecule has 9 heteroatoms. The van der Waals surface area contributed by atoms with Crippen LogP contribution < -0.4 is 20.1 Å². The van der Waals surface area contributed by atoms with Crippen LogP contribution >= 0.6 is 0 Å². The molecule has 0 bridgehead atoms. The molecule has 0 aliphatic carbocycles. The van der Waals surface area contributed by atoms with Gasteiger partial charge in [-0.15, -0.1) is 0 Å². The summed E-state index contributed by atoms with van der Waals surface area (Å²) in [5, 5.41) is 18.6. The van der Waals surface area contributed by atoms with Crippen molar-refractivity contribution in [3.63, 3.8) is 0 Å². The van der Waals surface area contributed by atoms with Gasteiger partial charge in [0.05, 0.1) is 6.04 Å². The van der Waals surface area contributed by atoms with E-state index in [1.165, 1.54) is 6.92 Å². The maximum atomic E-state index is 12.0. The molecule has 23 heavy (non-hydrogen) atoms. The molecule has 2 N–H and O–H groups in total. The number of rotatable bonds is 3. The quantitative estimate of drug-likeness (QED) is 0.632. The summed E-state index contributed by atoms with van der Waals surface area (Å²) < 4.78 is 10.6. The van der Waals surface area contributed by atoms with Crippen LogP contribution in [0, 0.1) is 10.1 Å². The normalized spacial score (nSPS) is 21.0. The number of fused-ring (bicyclic) bond motifs is 1. The van der Waals surface area contributed by atoms with Crippen molar-refractivity contribution in [3.05, 3.63) is 45.1 Å². The summed E-state index contributed by atoms with van der Waals surface area (Å²) in [6.45, 7) is 3.26. The van der Waals surface area contributed by atoms with Gasteiger partial charge in [0, 0.05) is 11.3 Å². The lowest BCUT2D eigenvalue weighted by Gasteiger charge is -2.29. The minimum absolute atomic E-state index is 0.0276. The average Bonchev–Trinajstić information content (AvgIpc) is 2.92. The predicted molar refractivity (Wildman–Crippen MR) is 79.4 cm³/mol. The molecular formula is C14H14N4O5. The SMILES string of the molecule is CC(=O)C1=C(C)N/C(=N\[N+](=O)[O-])N[C@H]1c1ccc2c(c1)OCO2. The van der Waals surface area contributed by atoms with E-state index in [0.29, 0.717) is 22.8 Å². The summed E-state index contributed by atoms with van der Waals surface area (Å²) >= 11 is 0. The Kier molecular flexibility index (Phi) is 3.61. The Bertz CT molecular complexity index is 756. The van der Waals surface area contributed by atoms with Crippen LogP contribution in [0.1, 0.15) is 25.5 Å². The molecule has 2 aliphatic heterocycles. The van der Waals surface area contributed by atoms with E-state index in [1.807, 2.05) is 0 Å². The number of nitrogens with zero attached hydrogens (tertiary/aromatic N) is 2. The third-order valence-electron chi connectivity index (χ3n) is 3.57. The Balaban J connectivity index is 2.04. The molecule has 0 spiro atoms. The minimum atomic E-state index is -0.807. The van der Waals surface area contributed by atoms with Crippen molar-refractivity contribution in [3.8, 4) is 11.5 Å². The van der Waals surface area contributed by atoms with E-state index >= 15 is 0 Å².